The lowest BCUT2D eigenvalue weighted by atomic mass is 9.98. The van der Waals surface area contributed by atoms with Crippen LogP contribution in [0.5, 0.6) is 0 Å². The molecule has 12 heavy (non-hydrogen) atoms. The fraction of sp³-hybridized carbons (Fsp3) is 1.00. The highest BCUT2D eigenvalue weighted by atomic mass is 14.9. The van der Waals surface area contributed by atoms with E-state index in [1.807, 2.05) is 20.9 Å². The van der Waals surface area contributed by atoms with Crippen molar-refractivity contribution < 1.29 is 0 Å². The van der Waals surface area contributed by atoms with Crippen LogP contribution in [0, 0.1) is 5.92 Å². The molecule has 0 aromatic heterocycles. The average molecular weight is 174 g/mol. The maximum absolute atomic E-state index is 5.40. The van der Waals surface area contributed by atoms with Crippen LogP contribution < -0.4 is 11.1 Å². The molecule has 0 aromatic rings. The van der Waals surface area contributed by atoms with Gasteiger partial charge in [-0.2, -0.15) is 0 Å². The van der Waals surface area contributed by atoms with Gasteiger partial charge in [0.25, 0.3) is 0 Å². The van der Waals surface area contributed by atoms with Gasteiger partial charge in [0.15, 0.2) is 0 Å². The highest BCUT2D eigenvalue weighted by Crippen LogP contribution is 2.08. The van der Waals surface area contributed by atoms with Crippen molar-refractivity contribution in [2.45, 2.75) is 46.6 Å². The van der Waals surface area contributed by atoms with E-state index in [2.05, 4.69) is 19.2 Å². The average Bonchev–Trinajstić information content (AvgIpc) is 2.16. The normalized spacial score (nSPS) is 14.5. The van der Waals surface area contributed by atoms with Gasteiger partial charge < -0.3 is 11.1 Å². The van der Waals surface area contributed by atoms with E-state index < -0.39 is 0 Å². The van der Waals surface area contributed by atoms with Crippen molar-refractivity contribution in [2.75, 3.05) is 13.6 Å². The van der Waals surface area contributed by atoms with Crippen LogP contribution in [-0.4, -0.2) is 19.6 Å². The van der Waals surface area contributed by atoms with E-state index in [1.54, 1.807) is 0 Å². The van der Waals surface area contributed by atoms with Crippen LogP contribution in [0.2, 0.25) is 0 Å². The summed E-state index contributed by atoms with van der Waals surface area (Å²) in [5.74, 6) is 0.744. The van der Waals surface area contributed by atoms with Crippen molar-refractivity contribution in [3.8, 4) is 0 Å². The number of nitrogens with one attached hydrogen (secondary N) is 1. The maximum Gasteiger partial charge on any atom is 0.00613 e. The molecule has 0 aliphatic carbocycles. The molecule has 0 saturated carbocycles. The van der Waals surface area contributed by atoms with E-state index in [-0.39, 0.29) is 0 Å². The summed E-state index contributed by atoms with van der Waals surface area (Å²) >= 11 is 0. The molecule has 0 aliphatic heterocycles. The summed E-state index contributed by atoms with van der Waals surface area (Å²) in [7, 11) is 2.00. The molecule has 0 heterocycles. The first-order chi connectivity index (χ1) is 5.72. The summed E-state index contributed by atoms with van der Waals surface area (Å²) < 4.78 is 0. The number of hydrogen-bond acceptors (Lipinski definition) is 2. The van der Waals surface area contributed by atoms with Crippen LogP contribution in [0.25, 0.3) is 0 Å². The minimum absolute atomic E-state index is 0.617. The van der Waals surface area contributed by atoms with Gasteiger partial charge in [0.05, 0.1) is 0 Å². The molecule has 0 aliphatic rings. The fourth-order valence-corrected chi connectivity index (χ4v) is 0.974. The zero-order valence-corrected chi connectivity index (χ0v) is 9.35. The smallest absolute Gasteiger partial charge is 0.00613 e. The molecule has 0 saturated heterocycles. The molecule has 0 aromatic carbocycles. The molecule has 0 bridgehead atoms. The van der Waals surface area contributed by atoms with E-state index >= 15 is 0 Å². The Morgan fingerprint density at radius 1 is 1.25 bits per heavy atom. The SMILES string of the molecule is CC.CNC(C)C(C)CCCN. The van der Waals surface area contributed by atoms with Gasteiger partial charge in [0.2, 0.25) is 0 Å². The van der Waals surface area contributed by atoms with Gasteiger partial charge in [-0.15, -0.1) is 0 Å². The monoisotopic (exact) mass is 174 g/mol. The molecule has 0 radical (unpaired) electrons. The molecule has 2 atom stereocenters. The summed E-state index contributed by atoms with van der Waals surface area (Å²) in [6.45, 7) is 9.29. The lowest BCUT2D eigenvalue weighted by Crippen LogP contribution is -2.28. The Morgan fingerprint density at radius 2 is 1.75 bits per heavy atom. The van der Waals surface area contributed by atoms with Crippen molar-refractivity contribution in [1.82, 2.24) is 5.32 Å². The summed E-state index contributed by atoms with van der Waals surface area (Å²) in [5.41, 5.74) is 5.40. The van der Waals surface area contributed by atoms with Crippen molar-refractivity contribution >= 4 is 0 Å². The Balaban J connectivity index is 0. The summed E-state index contributed by atoms with van der Waals surface area (Å²) in [6.07, 6.45) is 2.38. The summed E-state index contributed by atoms with van der Waals surface area (Å²) in [5, 5.41) is 3.23. The maximum atomic E-state index is 5.40. The third kappa shape index (κ3) is 8.02. The van der Waals surface area contributed by atoms with Gasteiger partial charge in [0.1, 0.15) is 0 Å². The zero-order valence-electron chi connectivity index (χ0n) is 9.35. The Hall–Kier alpha value is -0.0800. The highest BCUT2D eigenvalue weighted by molar-refractivity contribution is 4.65. The number of nitrogens with two attached hydrogens (primary N) is 1. The lowest BCUT2D eigenvalue weighted by molar-refractivity contribution is 0.394. The highest BCUT2D eigenvalue weighted by Gasteiger charge is 2.07. The van der Waals surface area contributed by atoms with Crippen LogP contribution in [0.4, 0.5) is 0 Å². The Labute approximate surface area is 77.9 Å². The van der Waals surface area contributed by atoms with Gasteiger partial charge in [-0.3, -0.25) is 0 Å². The van der Waals surface area contributed by atoms with Gasteiger partial charge in [-0.25, -0.2) is 0 Å². The second-order valence-electron chi connectivity index (χ2n) is 2.99. The van der Waals surface area contributed by atoms with E-state index in [1.165, 1.54) is 6.42 Å². The molecular formula is C10H26N2. The fourth-order valence-electron chi connectivity index (χ4n) is 0.974. The molecule has 0 spiro atoms. The van der Waals surface area contributed by atoms with Gasteiger partial charge >= 0.3 is 0 Å². The summed E-state index contributed by atoms with van der Waals surface area (Å²) in [4.78, 5) is 0. The molecule has 0 amide bonds. The second kappa shape index (κ2) is 10.9. The van der Waals surface area contributed by atoms with Crippen LogP contribution in [-0.2, 0) is 0 Å². The quantitative estimate of drug-likeness (QED) is 0.669. The second-order valence-corrected chi connectivity index (χ2v) is 2.99. The van der Waals surface area contributed by atoms with E-state index in [9.17, 15) is 0 Å². The van der Waals surface area contributed by atoms with Crippen molar-refractivity contribution in [3.63, 3.8) is 0 Å². The van der Waals surface area contributed by atoms with E-state index in [0.717, 1.165) is 18.9 Å². The first-order valence-corrected chi connectivity index (χ1v) is 5.09. The van der Waals surface area contributed by atoms with Crippen molar-refractivity contribution in [1.29, 1.82) is 0 Å². The molecular weight excluding hydrogens is 148 g/mol. The first-order valence-electron chi connectivity index (χ1n) is 5.09. The molecule has 2 heteroatoms. The topological polar surface area (TPSA) is 38.0 Å². The molecule has 3 N–H and O–H groups in total. The third-order valence-corrected chi connectivity index (χ3v) is 2.17. The van der Waals surface area contributed by atoms with Gasteiger partial charge in [-0.05, 0) is 39.3 Å². The lowest BCUT2D eigenvalue weighted by Gasteiger charge is -2.18. The van der Waals surface area contributed by atoms with Crippen molar-refractivity contribution in [3.05, 3.63) is 0 Å². The molecule has 0 rings (SSSR count). The van der Waals surface area contributed by atoms with E-state index in [4.69, 9.17) is 5.73 Å². The van der Waals surface area contributed by atoms with Crippen molar-refractivity contribution in [2.24, 2.45) is 11.7 Å². The third-order valence-electron chi connectivity index (χ3n) is 2.17. The Morgan fingerprint density at radius 3 is 2.08 bits per heavy atom. The minimum Gasteiger partial charge on any atom is -0.330 e. The zero-order chi connectivity index (χ0) is 9.98. The predicted molar refractivity (Wildman–Crippen MR) is 57.3 cm³/mol. The minimum atomic E-state index is 0.617. The van der Waals surface area contributed by atoms with Crippen LogP contribution in [0.3, 0.4) is 0 Å². The molecule has 76 valence electrons. The Bertz CT molecular complexity index is 74.2. The number of rotatable bonds is 5. The van der Waals surface area contributed by atoms with Crippen LogP contribution in [0.1, 0.15) is 40.5 Å². The predicted octanol–water partition coefficient (Wildman–Crippen LogP) is 2.00. The molecule has 2 nitrogen and oxygen atoms in total. The summed E-state index contributed by atoms with van der Waals surface area (Å²) in [6, 6.07) is 0.617. The number of hydrogen-bond donors (Lipinski definition) is 2. The molecule has 0 fully saturated rings. The van der Waals surface area contributed by atoms with Gasteiger partial charge in [0, 0.05) is 6.04 Å². The van der Waals surface area contributed by atoms with Crippen LogP contribution >= 0.6 is 0 Å². The van der Waals surface area contributed by atoms with E-state index in [0.29, 0.717) is 6.04 Å². The standard InChI is InChI=1S/C8H20N2.C2H6/c1-7(5-4-6-9)8(2)10-3;1-2/h7-8,10H,4-6,9H2,1-3H3;1-2H3. The first kappa shape index (κ1) is 14.4. The Kier molecular flexibility index (Phi) is 13.1. The molecule has 2 unspecified atom stereocenters. The van der Waals surface area contributed by atoms with Gasteiger partial charge in [-0.1, -0.05) is 20.8 Å². The largest absolute Gasteiger partial charge is 0.330 e. The van der Waals surface area contributed by atoms with Crippen LogP contribution in [0.15, 0.2) is 0 Å².